The highest BCUT2D eigenvalue weighted by molar-refractivity contribution is 5.24. The number of nitrogens with zero attached hydrogens (tertiary/aromatic N) is 3. The number of hydrogen-bond acceptors (Lipinski definition) is 5. The fourth-order valence-corrected chi connectivity index (χ4v) is 1.06. The fourth-order valence-electron chi connectivity index (χ4n) is 1.06. The van der Waals surface area contributed by atoms with Crippen LogP contribution >= 0.6 is 0 Å². The van der Waals surface area contributed by atoms with Gasteiger partial charge in [-0.05, 0) is 6.92 Å². The molecule has 0 saturated carbocycles. The summed E-state index contributed by atoms with van der Waals surface area (Å²) >= 11 is 0. The average Bonchev–Trinajstić information content (AvgIpc) is 2.45. The van der Waals surface area contributed by atoms with E-state index in [0.717, 1.165) is 0 Å². The Morgan fingerprint density at radius 2 is 2.15 bits per heavy atom. The molecule has 2 unspecified atom stereocenters. The van der Waals surface area contributed by atoms with Gasteiger partial charge in [0.05, 0.1) is 12.1 Å². The van der Waals surface area contributed by atoms with Gasteiger partial charge in [-0.2, -0.15) is 0 Å². The normalized spacial score (nSPS) is 15.5. The maximum atomic E-state index is 9.25. The highest BCUT2D eigenvalue weighted by Crippen LogP contribution is 2.13. The number of hydrogen-bond donors (Lipinski definition) is 3. The van der Waals surface area contributed by atoms with Crippen molar-refractivity contribution >= 4 is 5.95 Å². The first kappa shape index (κ1) is 9.94. The summed E-state index contributed by atoms with van der Waals surface area (Å²) in [5.41, 5.74) is 5.71. The van der Waals surface area contributed by atoms with E-state index in [4.69, 9.17) is 5.73 Å². The Morgan fingerprint density at radius 3 is 2.54 bits per heavy atom. The lowest BCUT2D eigenvalue weighted by molar-refractivity contribution is 0.159. The van der Waals surface area contributed by atoms with Crippen molar-refractivity contribution < 1.29 is 5.11 Å². The molecule has 13 heavy (non-hydrogen) atoms. The molecule has 0 aromatic carbocycles. The fraction of sp³-hybridized carbons (Fsp3) is 0.714. The molecular formula is C7H15N5O. The molecule has 0 amide bonds. The van der Waals surface area contributed by atoms with Gasteiger partial charge in [0.15, 0.2) is 5.82 Å². The Labute approximate surface area is 76.8 Å². The lowest BCUT2D eigenvalue weighted by Gasteiger charge is -2.13. The number of nitrogens with two attached hydrogens (primary N) is 1. The molecule has 2 atom stereocenters. The van der Waals surface area contributed by atoms with E-state index in [1.54, 1.807) is 25.6 Å². The molecule has 0 spiro atoms. The quantitative estimate of drug-likeness (QED) is 0.576. The third-order valence-corrected chi connectivity index (χ3v) is 1.95. The summed E-state index contributed by atoms with van der Waals surface area (Å²) in [6.07, 6.45) is -0.632. The predicted molar refractivity (Wildman–Crippen MR) is 49.2 cm³/mol. The monoisotopic (exact) mass is 185 g/mol. The zero-order valence-electron chi connectivity index (χ0n) is 8.02. The van der Waals surface area contributed by atoms with E-state index < -0.39 is 12.1 Å². The molecule has 0 aliphatic heterocycles. The maximum Gasteiger partial charge on any atom is 0.224 e. The summed E-state index contributed by atoms with van der Waals surface area (Å²) in [5, 5.41) is 19.8. The third-order valence-electron chi connectivity index (χ3n) is 1.95. The largest absolute Gasteiger partial charge is 0.391 e. The highest BCUT2D eigenvalue weighted by atomic mass is 16.3. The van der Waals surface area contributed by atoms with E-state index in [2.05, 4.69) is 15.5 Å². The van der Waals surface area contributed by atoms with Gasteiger partial charge in [-0.15, -0.1) is 10.2 Å². The van der Waals surface area contributed by atoms with Gasteiger partial charge in [0.25, 0.3) is 0 Å². The Balaban J connectivity index is 2.95. The molecule has 1 aromatic heterocycles. The Hall–Kier alpha value is -1.14. The van der Waals surface area contributed by atoms with Crippen molar-refractivity contribution in [2.45, 2.75) is 19.1 Å². The number of aliphatic hydroxyl groups excluding tert-OH is 1. The van der Waals surface area contributed by atoms with Crippen LogP contribution in [0.5, 0.6) is 0 Å². The summed E-state index contributed by atoms with van der Waals surface area (Å²) < 4.78 is 1.72. The van der Waals surface area contributed by atoms with E-state index in [1.165, 1.54) is 0 Å². The van der Waals surface area contributed by atoms with Crippen LogP contribution in [0, 0.1) is 0 Å². The second-order valence-electron chi connectivity index (χ2n) is 2.96. The van der Waals surface area contributed by atoms with Gasteiger partial charge in [-0.3, -0.25) is 4.57 Å². The van der Waals surface area contributed by atoms with E-state index in [1.807, 2.05) is 0 Å². The predicted octanol–water partition coefficient (Wildman–Crippen LogP) is -0.763. The standard InChI is InChI=1S/C7H15N5O/c1-4(13)5(8)6-10-11-7(9-2)12(6)3/h4-5,13H,8H2,1-3H3,(H,9,11). The van der Waals surface area contributed by atoms with Crippen molar-refractivity contribution in [3.63, 3.8) is 0 Å². The lowest BCUT2D eigenvalue weighted by Crippen LogP contribution is -2.26. The summed E-state index contributed by atoms with van der Waals surface area (Å²) in [6.45, 7) is 1.62. The van der Waals surface area contributed by atoms with Crippen LogP contribution in [0.1, 0.15) is 18.8 Å². The molecule has 0 saturated heterocycles. The van der Waals surface area contributed by atoms with Crippen molar-refractivity contribution in [1.29, 1.82) is 0 Å². The molecule has 6 nitrogen and oxygen atoms in total. The van der Waals surface area contributed by atoms with E-state index in [9.17, 15) is 5.11 Å². The minimum atomic E-state index is -0.632. The molecule has 4 N–H and O–H groups in total. The molecule has 1 aromatic rings. The molecular weight excluding hydrogens is 170 g/mol. The molecule has 0 aliphatic carbocycles. The third kappa shape index (κ3) is 1.78. The van der Waals surface area contributed by atoms with Crippen LogP contribution in [-0.4, -0.2) is 33.0 Å². The van der Waals surface area contributed by atoms with Gasteiger partial charge in [-0.1, -0.05) is 0 Å². The highest BCUT2D eigenvalue weighted by Gasteiger charge is 2.19. The van der Waals surface area contributed by atoms with Crippen LogP contribution in [0.15, 0.2) is 0 Å². The molecule has 0 fully saturated rings. The second kappa shape index (κ2) is 3.71. The zero-order chi connectivity index (χ0) is 10.0. The Kier molecular flexibility index (Phi) is 2.84. The minimum Gasteiger partial charge on any atom is -0.391 e. The second-order valence-corrected chi connectivity index (χ2v) is 2.96. The van der Waals surface area contributed by atoms with Gasteiger partial charge in [0.2, 0.25) is 5.95 Å². The van der Waals surface area contributed by atoms with Gasteiger partial charge in [0.1, 0.15) is 0 Å². The van der Waals surface area contributed by atoms with Crippen LogP contribution in [0.3, 0.4) is 0 Å². The van der Waals surface area contributed by atoms with E-state index in [0.29, 0.717) is 11.8 Å². The first-order chi connectivity index (χ1) is 6.07. The summed E-state index contributed by atoms with van der Waals surface area (Å²) in [6, 6.07) is -0.500. The van der Waals surface area contributed by atoms with Crippen molar-refractivity contribution in [2.24, 2.45) is 12.8 Å². The van der Waals surface area contributed by atoms with Crippen LogP contribution < -0.4 is 11.1 Å². The number of nitrogens with one attached hydrogen (secondary N) is 1. The molecule has 1 heterocycles. The van der Waals surface area contributed by atoms with E-state index in [-0.39, 0.29) is 0 Å². The maximum absolute atomic E-state index is 9.25. The van der Waals surface area contributed by atoms with E-state index >= 15 is 0 Å². The number of aromatic nitrogens is 3. The van der Waals surface area contributed by atoms with Crippen LogP contribution in [-0.2, 0) is 7.05 Å². The molecule has 6 heteroatoms. The van der Waals surface area contributed by atoms with Gasteiger partial charge >= 0.3 is 0 Å². The SMILES string of the molecule is CNc1nnc(C(N)C(C)O)n1C. The molecule has 0 bridgehead atoms. The Bertz CT molecular complexity index is 282. The average molecular weight is 185 g/mol. The van der Waals surface area contributed by atoms with Crippen molar-refractivity contribution in [1.82, 2.24) is 14.8 Å². The number of rotatable bonds is 3. The van der Waals surface area contributed by atoms with Gasteiger partial charge in [-0.25, -0.2) is 0 Å². The summed E-state index contributed by atoms with van der Waals surface area (Å²) in [4.78, 5) is 0. The van der Waals surface area contributed by atoms with Gasteiger partial charge < -0.3 is 16.2 Å². The molecule has 1 rings (SSSR count). The van der Waals surface area contributed by atoms with Crippen LogP contribution in [0.4, 0.5) is 5.95 Å². The number of anilines is 1. The number of aliphatic hydroxyl groups is 1. The van der Waals surface area contributed by atoms with Gasteiger partial charge in [0, 0.05) is 14.1 Å². The minimum absolute atomic E-state index is 0.500. The first-order valence-electron chi connectivity index (χ1n) is 4.08. The zero-order valence-corrected chi connectivity index (χ0v) is 8.02. The first-order valence-corrected chi connectivity index (χ1v) is 4.08. The van der Waals surface area contributed by atoms with Crippen molar-refractivity contribution in [3.8, 4) is 0 Å². The van der Waals surface area contributed by atoms with Crippen molar-refractivity contribution in [3.05, 3.63) is 5.82 Å². The summed E-state index contributed by atoms with van der Waals surface area (Å²) in [7, 11) is 3.55. The Morgan fingerprint density at radius 1 is 1.54 bits per heavy atom. The molecule has 0 aliphatic rings. The molecule has 74 valence electrons. The van der Waals surface area contributed by atoms with Crippen LogP contribution in [0.2, 0.25) is 0 Å². The van der Waals surface area contributed by atoms with Crippen LogP contribution in [0.25, 0.3) is 0 Å². The topological polar surface area (TPSA) is 89.0 Å². The summed E-state index contributed by atoms with van der Waals surface area (Å²) in [5.74, 6) is 1.20. The van der Waals surface area contributed by atoms with Crippen molar-refractivity contribution in [2.75, 3.05) is 12.4 Å². The smallest absolute Gasteiger partial charge is 0.224 e. The lowest BCUT2D eigenvalue weighted by atomic mass is 10.2. The molecule has 0 radical (unpaired) electrons.